The Morgan fingerprint density at radius 1 is 0.542 bits per heavy atom. The van der Waals surface area contributed by atoms with Crippen molar-refractivity contribution in [3.63, 3.8) is 0 Å². The van der Waals surface area contributed by atoms with E-state index in [2.05, 4.69) is 12.1 Å². The number of nitrogens with zero attached hydrogens (tertiary/aromatic N) is 2. The molecule has 0 aliphatic carbocycles. The highest BCUT2D eigenvalue weighted by Gasteiger charge is 2.03. The van der Waals surface area contributed by atoms with E-state index in [1.165, 1.54) is 0 Å². The number of benzene rings is 3. The van der Waals surface area contributed by atoms with Gasteiger partial charge in [-0.05, 0) is 48.5 Å². The van der Waals surface area contributed by atoms with Crippen molar-refractivity contribution in [1.29, 1.82) is 10.5 Å². The minimum atomic E-state index is 0.535. The van der Waals surface area contributed by atoms with Gasteiger partial charge in [0, 0.05) is 6.07 Å². The summed E-state index contributed by atoms with van der Waals surface area (Å²) in [7, 11) is 0. The zero-order valence-corrected chi connectivity index (χ0v) is 12.6. The summed E-state index contributed by atoms with van der Waals surface area (Å²) in [5.74, 6) is 2.36. The van der Waals surface area contributed by atoms with Gasteiger partial charge in [-0.2, -0.15) is 10.5 Å². The van der Waals surface area contributed by atoms with Crippen LogP contribution < -0.4 is 9.47 Å². The second-order valence-electron chi connectivity index (χ2n) is 4.96. The lowest BCUT2D eigenvalue weighted by Crippen LogP contribution is -1.88. The van der Waals surface area contributed by atoms with E-state index < -0.39 is 0 Å². The minimum absolute atomic E-state index is 0.535. The Morgan fingerprint density at radius 2 is 0.917 bits per heavy atom. The molecule has 24 heavy (non-hydrogen) atoms. The highest BCUT2D eigenvalue weighted by atomic mass is 16.5. The highest BCUT2D eigenvalue weighted by molar-refractivity contribution is 5.43. The number of hydrogen-bond acceptors (Lipinski definition) is 4. The summed E-state index contributed by atoms with van der Waals surface area (Å²) >= 11 is 0. The molecule has 0 aliphatic heterocycles. The maximum absolute atomic E-state index is 8.93. The average molecular weight is 312 g/mol. The summed E-state index contributed by atoms with van der Waals surface area (Å²) in [6.45, 7) is 0. The molecular formula is C20H12N2O2. The molecule has 0 N–H and O–H groups in total. The van der Waals surface area contributed by atoms with Gasteiger partial charge in [0.05, 0.1) is 23.3 Å². The van der Waals surface area contributed by atoms with Crippen LogP contribution in [0.25, 0.3) is 0 Å². The first kappa shape index (κ1) is 15.1. The van der Waals surface area contributed by atoms with Gasteiger partial charge in [0.1, 0.15) is 23.0 Å². The molecule has 0 aromatic heterocycles. The average Bonchev–Trinajstić information content (AvgIpc) is 2.62. The maximum Gasteiger partial charge on any atom is 0.131 e. The van der Waals surface area contributed by atoms with Crippen LogP contribution >= 0.6 is 0 Å². The first-order chi connectivity index (χ1) is 11.8. The Labute approximate surface area is 139 Å². The van der Waals surface area contributed by atoms with Gasteiger partial charge in [-0.15, -0.1) is 0 Å². The first-order valence-corrected chi connectivity index (χ1v) is 7.23. The molecule has 0 fully saturated rings. The van der Waals surface area contributed by atoms with Crippen LogP contribution in [0, 0.1) is 22.7 Å². The Morgan fingerprint density at radius 3 is 1.33 bits per heavy atom. The summed E-state index contributed by atoms with van der Waals surface area (Å²) in [6, 6.07) is 25.2. The van der Waals surface area contributed by atoms with Crippen LogP contribution in [0.4, 0.5) is 0 Å². The lowest BCUT2D eigenvalue weighted by atomic mass is 10.2. The van der Waals surface area contributed by atoms with Gasteiger partial charge in [-0.3, -0.25) is 0 Å². The Balaban J connectivity index is 1.79. The molecule has 4 heteroatoms. The van der Waals surface area contributed by atoms with Gasteiger partial charge >= 0.3 is 0 Å². The summed E-state index contributed by atoms with van der Waals surface area (Å²) in [6.07, 6.45) is 0. The predicted octanol–water partition coefficient (Wildman–Crippen LogP) is 5.01. The van der Waals surface area contributed by atoms with E-state index in [1.54, 1.807) is 66.7 Å². The summed E-state index contributed by atoms with van der Waals surface area (Å²) in [4.78, 5) is 0. The molecule has 0 bridgehead atoms. The third-order valence-corrected chi connectivity index (χ3v) is 3.20. The van der Waals surface area contributed by atoms with Gasteiger partial charge < -0.3 is 9.47 Å². The molecule has 0 saturated heterocycles. The molecule has 0 saturated carbocycles. The molecule has 3 aromatic rings. The summed E-state index contributed by atoms with van der Waals surface area (Å²) in [5.41, 5.74) is 1.07. The number of nitriles is 2. The Kier molecular flexibility index (Phi) is 4.42. The van der Waals surface area contributed by atoms with Gasteiger partial charge in [0.15, 0.2) is 0 Å². The van der Waals surface area contributed by atoms with E-state index in [9.17, 15) is 0 Å². The van der Waals surface area contributed by atoms with Crippen molar-refractivity contribution in [2.45, 2.75) is 0 Å². The van der Waals surface area contributed by atoms with Crippen molar-refractivity contribution >= 4 is 0 Å². The number of hydrogen-bond donors (Lipinski definition) is 0. The second kappa shape index (κ2) is 7.00. The molecule has 0 amide bonds. The largest absolute Gasteiger partial charge is 0.457 e. The molecule has 114 valence electrons. The quantitative estimate of drug-likeness (QED) is 0.679. The summed E-state index contributed by atoms with van der Waals surface area (Å²) < 4.78 is 11.5. The zero-order valence-electron chi connectivity index (χ0n) is 12.6. The molecule has 0 unspecified atom stereocenters. The normalized spacial score (nSPS) is 9.58. The van der Waals surface area contributed by atoms with E-state index in [1.807, 2.05) is 6.07 Å². The van der Waals surface area contributed by atoms with Crippen LogP contribution in [-0.4, -0.2) is 0 Å². The topological polar surface area (TPSA) is 66.0 Å². The van der Waals surface area contributed by atoms with Crippen LogP contribution in [0.15, 0.2) is 72.8 Å². The fourth-order valence-electron chi connectivity index (χ4n) is 2.13. The van der Waals surface area contributed by atoms with Crippen molar-refractivity contribution in [3.8, 4) is 35.1 Å². The third-order valence-electron chi connectivity index (χ3n) is 3.20. The van der Waals surface area contributed by atoms with Crippen LogP contribution in [0.2, 0.25) is 0 Å². The maximum atomic E-state index is 8.93. The Hall–Kier alpha value is -3.76. The van der Waals surface area contributed by atoms with Crippen LogP contribution in [0.1, 0.15) is 11.1 Å². The monoisotopic (exact) mass is 312 g/mol. The standard InChI is InChI=1S/C20H12N2O2/c21-13-15-4-1-6-17(10-15)23-19-8-3-9-20(12-19)24-18-7-2-5-16(11-18)14-22/h1-12H. The van der Waals surface area contributed by atoms with E-state index >= 15 is 0 Å². The van der Waals surface area contributed by atoms with Crippen molar-refractivity contribution in [1.82, 2.24) is 0 Å². The van der Waals surface area contributed by atoms with Gasteiger partial charge in [0.25, 0.3) is 0 Å². The van der Waals surface area contributed by atoms with Crippen LogP contribution in [0.5, 0.6) is 23.0 Å². The smallest absolute Gasteiger partial charge is 0.131 e. The van der Waals surface area contributed by atoms with E-state index in [0.29, 0.717) is 34.1 Å². The van der Waals surface area contributed by atoms with Crippen molar-refractivity contribution in [2.24, 2.45) is 0 Å². The zero-order chi connectivity index (χ0) is 16.8. The molecule has 4 nitrogen and oxygen atoms in total. The lowest BCUT2D eigenvalue weighted by molar-refractivity contribution is 0.460. The van der Waals surface area contributed by atoms with Crippen LogP contribution in [-0.2, 0) is 0 Å². The third kappa shape index (κ3) is 3.71. The SMILES string of the molecule is N#Cc1cccc(Oc2cccc(Oc3cccc(C#N)c3)c2)c1. The van der Waals surface area contributed by atoms with Crippen molar-refractivity contribution in [3.05, 3.63) is 83.9 Å². The minimum Gasteiger partial charge on any atom is -0.457 e. The van der Waals surface area contributed by atoms with Gasteiger partial charge in [-0.1, -0.05) is 18.2 Å². The Bertz CT molecular complexity index is 877. The van der Waals surface area contributed by atoms with Gasteiger partial charge in [0.2, 0.25) is 0 Å². The van der Waals surface area contributed by atoms with E-state index in [4.69, 9.17) is 20.0 Å². The van der Waals surface area contributed by atoms with E-state index in [-0.39, 0.29) is 0 Å². The molecule has 0 aliphatic rings. The molecule has 0 spiro atoms. The van der Waals surface area contributed by atoms with Crippen molar-refractivity contribution in [2.75, 3.05) is 0 Å². The van der Waals surface area contributed by atoms with Crippen LogP contribution in [0.3, 0.4) is 0 Å². The fraction of sp³-hybridized carbons (Fsp3) is 0. The number of rotatable bonds is 4. The molecule has 3 aromatic carbocycles. The molecule has 0 atom stereocenters. The van der Waals surface area contributed by atoms with Crippen molar-refractivity contribution < 1.29 is 9.47 Å². The first-order valence-electron chi connectivity index (χ1n) is 7.23. The molecule has 0 heterocycles. The molecule has 3 rings (SSSR count). The number of ether oxygens (including phenoxy) is 2. The van der Waals surface area contributed by atoms with E-state index in [0.717, 1.165) is 0 Å². The second-order valence-corrected chi connectivity index (χ2v) is 4.96. The fourth-order valence-corrected chi connectivity index (χ4v) is 2.13. The predicted molar refractivity (Wildman–Crippen MR) is 88.9 cm³/mol. The summed E-state index contributed by atoms with van der Waals surface area (Å²) in [5, 5.41) is 17.9. The highest BCUT2D eigenvalue weighted by Crippen LogP contribution is 2.28. The lowest BCUT2D eigenvalue weighted by Gasteiger charge is -2.09. The van der Waals surface area contributed by atoms with Gasteiger partial charge in [-0.25, -0.2) is 0 Å². The molecular weight excluding hydrogens is 300 g/mol. The molecule has 0 radical (unpaired) electrons.